The SMILES string of the molecule is O=C(O)C(O)Cn1c(=O)[nH]c2[nH]c(=O)[nH]c2c1=O. The van der Waals surface area contributed by atoms with Crippen LogP contribution in [-0.4, -0.2) is 41.8 Å². The van der Waals surface area contributed by atoms with E-state index in [4.69, 9.17) is 10.2 Å². The molecule has 10 nitrogen and oxygen atoms in total. The number of hydrogen-bond donors (Lipinski definition) is 5. The molecule has 0 aromatic carbocycles. The zero-order valence-electron chi connectivity index (χ0n) is 8.76. The van der Waals surface area contributed by atoms with Crippen LogP contribution in [0.5, 0.6) is 0 Å². The minimum Gasteiger partial charge on any atom is -0.479 e. The smallest absolute Gasteiger partial charge is 0.334 e. The lowest BCUT2D eigenvalue weighted by molar-refractivity contribution is -0.147. The molecule has 0 saturated heterocycles. The highest BCUT2D eigenvalue weighted by atomic mass is 16.4. The van der Waals surface area contributed by atoms with Gasteiger partial charge in [-0.3, -0.25) is 24.3 Å². The van der Waals surface area contributed by atoms with E-state index in [0.717, 1.165) is 0 Å². The molecule has 1 atom stereocenters. The Morgan fingerprint density at radius 2 is 1.89 bits per heavy atom. The van der Waals surface area contributed by atoms with Crippen molar-refractivity contribution in [3.63, 3.8) is 0 Å². The molecule has 2 heterocycles. The van der Waals surface area contributed by atoms with Crippen molar-refractivity contribution in [3.8, 4) is 0 Å². The minimum absolute atomic E-state index is 0.0870. The van der Waals surface area contributed by atoms with Crippen LogP contribution < -0.4 is 16.9 Å². The van der Waals surface area contributed by atoms with Crippen LogP contribution in [-0.2, 0) is 11.3 Å². The summed E-state index contributed by atoms with van der Waals surface area (Å²) in [6.07, 6.45) is -1.90. The number of hydrogen-bond acceptors (Lipinski definition) is 5. The monoisotopic (exact) mass is 256 g/mol. The zero-order valence-corrected chi connectivity index (χ0v) is 8.76. The summed E-state index contributed by atoms with van der Waals surface area (Å²) in [4.78, 5) is 51.2. The van der Waals surface area contributed by atoms with Crippen LogP contribution in [0.4, 0.5) is 0 Å². The van der Waals surface area contributed by atoms with Crippen LogP contribution in [0.15, 0.2) is 14.4 Å². The minimum atomic E-state index is -1.90. The maximum absolute atomic E-state index is 11.8. The van der Waals surface area contributed by atoms with Crippen molar-refractivity contribution in [2.75, 3.05) is 0 Å². The molecule has 0 fully saturated rings. The third-order valence-electron chi connectivity index (χ3n) is 2.30. The molecule has 96 valence electrons. The van der Waals surface area contributed by atoms with E-state index in [2.05, 4.69) is 15.0 Å². The molecule has 18 heavy (non-hydrogen) atoms. The van der Waals surface area contributed by atoms with Crippen molar-refractivity contribution in [2.45, 2.75) is 12.6 Å². The average Bonchev–Trinajstić information content (AvgIpc) is 2.64. The topological polar surface area (TPSA) is 161 Å². The van der Waals surface area contributed by atoms with Gasteiger partial charge in [-0.1, -0.05) is 0 Å². The van der Waals surface area contributed by atoms with Gasteiger partial charge in [0.2, 0.25) is 0 Å². The van der Waals surface area contributed by atoms with E-state index in [9.17, 15) is 19.2 Å². The Hall–Kier alpha value is -2.62. The van der Waals surface area contributed by atoms with Crippen molar-refractivity contribution in [1.29, 1.82) is 0 Å². The second-order valence-corrected chi connectivity index (χ2v) is 3.53. The van der Waals surface area contributed by atoms with Crippen LogP contribution in [0.1, 0.15) is 0 Å². The molecule has 0 saturated carbocycles. The van der Waals surface area contributed by atoms with Gasteiger partial charge in [-0.2, -0.15) is 0 Å². The number of aromatic nitrogens is 4. The molecule has 0 aliphatic carbocycles. The van der Waals surface area contributed by atoms with Gasteiger partial charge in [-0.25, -0.2) is 14.4 Å². The highest BCUT2D eigenvalue weighted by Gasteiger charge is 2.18. The number of carboxylic acids is 1. The van der Waals surface area contributed by atoms with Crippen LogP contribution in [0.3, 0.4) is 0 Å². The first-order chi connectivity index (χ1) is 8.40. The summed E-state index contributed by atoms with van der Waals surface area (Å²) in [5.74, 6) is -1.57. The Bertz CT molecular complexity index is 777. The van der Waals surface area contributed by atoms with E-state index in [1.165, 1.54) is 0 Å². The fraction of sp³-hybridized carbons (Fsp3) is 0.250. The molecule has 0 aliphatic heterocycles. The lowest BCUT2D eigenvalue weighted by Crippen LogP contribution is -2.40. The van der Waals surface area contributed by atoms with Gasteiger partial charge in [-0.05, 0) is 0 Å². The number of imidazole rings is 1. The lowest BCUT2D eigenvalue weighted by atomic mass is 10.3. The molecule has 10 heteroatoms. The maximum atomic E-state index is 11.8. The summed E-state index contributed by atoms with van der Waals surface area (Å²) in [5.41, 5.74) is -2.79. The molecular weight excluding hydrogens is 248 g/mol. The molecule has 0 bridgehead atoms. The van der Waals surface area contributed by atoms with E-state index >= 15 is 0 Å². The summed E-state index contributed by atoms with van der Waals surface area (Å²) >= 11 is 0. The zero-order chi connectivity index (χ0) is 13.4. The van der Waals surface area contributed by atoms with Gasteiger partial charge >= 0.3 is 17.3 Å². The molecule has 2 rings (SSSR count). The van der Waals surface area contributed by atoms with Crippen LogP contribution in [0.25, 0.3) is 11.2 Å². The number of aliphatic hydroxyl groups is 1. The molecule has 0 radical (unpaired) electrons. The highest BCUT2D eigenvalue weighted by molar-refractivity contribution is 5.72. The predicted molar refractivity (Wildman–Crippen MR) is 57.4 cm³/mol. The number of aliphatic carboxylic acids is 1. The van der Waals surface area contributed by atoms with Gasteiger partial charge in [0.25, 0.3) is 5.56 Å². The molecule has 0 amide bonds. The van der Waals surface area contributed by atoms with Gasteiger partial charge in [0.15, 0.2) is 11.6 Å². The standard InChI is InChI=1S/C8H8N4O6/c13-2(6(15)16)1-12-5(14)3-4(11-8(12)18)10-7(17)9-3/h2,13H,1H2,(H,11,18)(H,15,16)(H2,9,10,17). The van der Waals surface area contributed by atoms with Crippen molar-refractivity contribution in [1.82, 2.24) is 19.5 Å². The normalized spacial score (nSPS) is 12.7. The van der Waals surface area contributed by atoms with Gasteiger partial charge in [-0.15, -0.1) is 0 Å². The Morgan fingerprint density at radius 1 is 1.22 bits per heavy atom. The Labute approximate surface area is 96.5 Å². The van der Waals surface area contributed by atoms with Crippen molar-refractivity contribution in [2.24, 2.45) is 0 Å². The number of fused-ring (bicyclic) bond motifs is 1. The first-order valence-electron chi connectivity index (χ1n) is 4.76. The average molecular weight is 256 g/mol. The van der Waals surface area contributed by atoms with Crippen molar-refractivity contribution >= 4 is 17.1 Å². The van der Waals surface area contributed by atoms with Crippen molar-refractivity contribution < 1.29 is 15.0 Å². The number of aliphatic hydroxyl groups excluding tert-OH is 1. The van der Waals surface area contributed by atoms with Crippen LogP contribution >= 0.6 is 0 Å². The Morgan fingerprint density at radius 3 is 2.50 bits per heavy atom. The Balaban J connectivity index is 2.64. The van der Waals surface area contributed by atoms with E-state index in [-0.39, 0.29) is 11.2 Å². The fourth-order valence-electron chi connectivity index (χ4n) is 1.46. The summed E-state index contributed by atoms with van der Waals surface area (Å²) in [7, 11) is 0. The molecule has 1 unspecified atom stereocenters. The van der Waals surface area contributed by atoms with E-state index in [1.807, 2.05) is 0 Å². The number of nitrogens with one attached hydrogen (secondary N) is 3. The quantitative estimate of drug-likeness (QED) is 0.397. The Kier molecular flexibility index (Phi) is 2.63. The largest absolute Gasteiger partial charge is 0.479 e. The number of carbonyl (C=O) groups is 1. The summed E-state index contributed by atoms with van der Waals surface area (Å²) in [6.45, 7) is -0.716. The van der Waals surface area contributed by atoms with Crippen LogP contribution in [0, 0.1) is 0 Å². The van der Waals surface area contributed by atoms with Gasteiger partial charge < -0.3 is 10.2 Å². The first-order valence-corrected chi connectivity index (χ1v) is 4.76. The highest BCUT2D eigenvalue weighted by Crippen LogP contribution is 1.93. The molecule has 2 aromatic heterocycles. The van der Waals surface area contributed by atoms with Crippen molar-refractivity contribution in [3.05, 3.63) is 31.3 Å². The first kappa shape index (κ1) is 11.9. The molecule has 2 aromatic rings. The third kappa shape index (κ3) is 1.84. The number of nitrogens with zero attached hydrogens (tertiary/aromatic N) is 1. The van der Waals surface area contributed by atoms with Gasteiger partial charge in [0.05, 0.1) is 6.54 Å². The fourth-order valence-corrected chi connectivity index (χ4v) is 1.46. The van der Waals surface area contributed by atoms with E-state index in [0.29, 0.717) is 4.57 Å². The second kappa shape index (κ2) is 4.00. The van der Waals surface area contributed by atoms with Gasteiger partial charge in [0.1, 0.15) is 5.65 Å². The lowest BCUT2D eigenvalue weighted by Gasteiger charge is -2.06. The summed E-state index contributed by atoms with van der Waals surface area (Å²) in [6, 6.07) is 0. The second-order valence-electron chi connectivity index (χ2n) is 3.53. The predicted octanol–water partition coefficient (Wildman–Crippen LogP) is -2.85. The number of H-pyrrole nitrogens is 3. The molecule has 0 spiro atoms. The van der Waals surface area contributed by atoms with Gasteiger partial charge in [0, 0.05) is 0 Å². The molecule has 5 N–H and O–H groups in total. The number of carboxylic acid groups (broad SMARTS) is 1. The molecular formula is C8H8N4O6. The molecule has 0 aliphatic rings. The summed E-state index contributed by atoms with van der Waals surface area (Å²) < 4.78 is 0.491. The maximum Gasteiger partial charge on any atom is 0.334 e. The van der Waals surface area contributed by atoms with Crippen LogP contribution in [0.2, 0.25) is 0 Å². The summed E-state index contributed by atoms with van der Waals surface area (Å²) in [5, 5.41) is 17.6. The third-order valence-corrected chi connectivity index (χ3v) is 2.30. The van der Waals surface area contributed by atoms with E-state index < -0.39 is 35.6 Å². The number of aromatic amines is 3. The number of rotatable bonds is 3. The van der Waals surface area contributed by atoms with E-state index in [1.54, 1.807) is 0 Å².